The van der Waals surface area contributed by atoms with Crippen molar-refractivity contribution in [3.63, 3.8) is 0 Å². The summed E-state index contributed by atoms with van der Waals surface area (Å²) in [5.74, 6) is 0. The largest absolute Gasteiger partial charge is 0.141 e. The monoisotopic (exact) mass is 200 g/mol. The molecule has 1 heterocycles. The summed E-state index contributed by atoms with van der Waals surface area (Å²) in [6, 6.07) is 4.26. The van der Waals surface area contributed by atoms with E-state index in [0.29, 0.717) is 0 Å². The van der Waals surface area contributed by atoms with Crippen LogP contribution in [0.3, 0.4) is 0 Å². The van der Waals surface area contributed by atoms with Gasteiger partial charge in [0, 0.05) is 9.75 Å². The topological polar surface area (TPSA) is 0 Å². The second kappa shape index (κ2) is 4.11. The van der Waals surface area contributed by atoms with Crippen molar-refractivity contribution in [1.82, 2.24) is 0 Å². The van der Waals surface area contributed by atoms with Gasteiger partial charge in [0.2, 0.25) is 0 Å². The van der Waals surface area contributed by atoms with Gasteiger partial charge in [-0.3, -0.25) is 0 Å². The van der Waals surface area contributed by atoms with Gasteiger partial charge in [0.1, 0.15) is 0 Å². The Labute approximate surface area is 82.9 Å². The van der Waals surface area contributed by atoms with Crippen LogP contribution in [0.25, 0.3) is 6.08 Å². The Hall–Kier alpha value is -0.270. The first-order valence-electron chi connectivity index (χ1n) is 3.98. The van der Waals surface area contributed by atoms with Crippen molar-refractivity contribution >= 4 is 29.0 Å². The third kappa shape index (κ3) is 2.65. The summed E-state index contributed by atoms with van der Waals surface area (Å²) >= 11 is 7.72. The predicted octanol–water partition coefficient (Wildman–Crippen LogP) is 4.09. The summed E-state index contributed by atoms with van der Waals surface area (Å²) < 4.78 is 0. The Morgan fingerprint density at radius 1 is 1.58 bits per heavy atom. The quantitative estimate of drug-likeness (QED) is 0.631. The lowest BCUT2D eigenvalue weighted by Gasteiger charge is -2.00. The van der Waals surface area contributed by atoms with Crippen molar-refractivity contribution in [2.45, 2.75) is 26.1 Å². The molecule has 0 spiro atoms. The minimum absolute atomic E-state index is 0.132. The number of allylic oxidation sites excluding steroid dienone is 1. The van der Waals surface area contributed by atoms with Gasteiger partial charge in [0.25, 0.3) is 0 Å². The molecule has 0 nitrogen and oxygen atoms in total. The minimum atomic E-state index is 0.132. The summed E-state index contributed by atoms with van der Waals surface area (Å²) in [5.41, 5.74) is 1.22. The molecule has 2 heteroatoms. The van der Waals surface area contributed by atoms with E-state index in [-0.39, 0.29) is 5.38 Å². The molecular weight excluding hydrogens is 188 g/mol. The van der Waals surface area contributed by atoms with E-state index >= 15 is 0 Å². The van der Waals surface area contributed by atoms with Gasteiger partial charge in [0.15, 0.2) is 0 Å². The summed E-state index contributed by atoms with van der Waals surface area (Å²) in [6.07, 6.45) is 2.15. The van der Waals surface area contributed by atoms with Gasteiger partial charge in [-0.1, -0.05) is 5.57 Å². The van der Waals surface area contributed by atoms with Crippen molar-refractivity contribution < 1.29 is 0 Å². The van der Waals surface area contributed by atoms with Crippen molar-refractivity contribution in [2.75, 3.05) is 0 Å². The Bertz CT molecular complexity index is 284. The minimum Gasteiger partial charge on any atom is -0.141 e. The molecular formula is C10H13ClS. The predicted molar refractivity (Wildman–Crippen MR) is 58.0 cm³/mol. The van der Waals surface area contributed by atoms with E-state index in [1.807, 2.05) is 6.92 Å². The summed E-state index contributed by atoms with van der Waals surface area (Å²) in [4.78, 5) is 2.63. The number of halogens is 1. The van der Waals surface area contributed by atoms with Crippen LogP contribution in [0, 0.1) is 6.92 Å². The van der Waals surface area contributed by atoms with Crippen molar-refractivity contribution in [2.24, 2.45) is 0 Å². The van der Waals surface area contributed by atoms with Crippen molar-refractivity contribution in [3.05, 3.63) is 27.5 Å². The first kappa shape index (κ1) is 9.82. The van der Waals surface area contributed by atoms with Crippen molar-refractivity contribution in [1.29, 1.82) is 0 Å². The van der Waals surface area contributed by atoms with Gasteiger partial charge in [-0.05, 0) is 39.0 Å². The van der Waals surface area contributed by atoms with Gasteiger partial charge in [-0.2, -0.15) is 0 Å². The molecule has 1 rings (SSSR count). The summed E-state index contributed by atoms with van der Waals surface area (Å²) in [5, 5.41) is 0.132. The first-order chi connectivity index (χ1) is 5.59. The molecule has 66 valence electrons. The first-order valence-corrected chi connectivity index (χ1v) is 5.23. The third-order valence-corrected chi connectivity index (χ3v) is 3.05. The Kier molecular flexibility index (Phi) is 3.36. The van der Waals surface area contributed by atoms with Gasteiger partial charge in [-0.25, -0.2) is 0 Å². The second-order valence-corrected chi connectivity index (χ2v) is 4.93. The van der Waals surface area contributed by atoms with Gasteiger partial charge in [-0.15, -0.1) is 22.9 Å². The third-order valence-electron chi connectivity index (χ3n) is 1.76. The van der Waals surface area contributed by atoms with Crippen LogP contribution in [0.1, 0.15) is 23.6 Å². The van der Waals surface area contributed by atoms with E-state index in [0.717, 1.165) is 0 Å². The maximum absolute atomic E-state index is 5.92. The lowest BCUT2D eigenvalue weighted by molar-refractivity contribution is 1.12. The number of hydrogen-bond acceptors (Lipinski definition) is 1. The lowest BCUT2D eigenvalue weighted by Crippen LogP contribution is -1.90. The standard InChI is InChI=1S/C10H13ClS/c1-7(9(3)11)6-10-5-4-8(2)12-10/h4-6,9H,1-3H3/b7-6+. The average Bonchev–Trinajstić information content (AvgIpc) is 2.35. The molecule has 0 radical (unpaired) electrons. The maximum atomic E-state index is 5.92. The molecule has 12 heavy (non-hydrogen) atoms. The van der Waals surface area contributed by atoms with Crippen LogP contribution in [0.4, 0.5) is 0 Å². The summed E-state index contributed by atoms with van der Waals surface area (Å²) in [6.45, 7) is 6.17. The Morgan fingerprint density at radius 3 is 2.67 bits per heavy atom. The lowest BCUT2D eigenvalue weighted by atomic mass is 10.2. The second-order valence-electron chi connectivity index (χ2n) is 2.95. The van der Waals surface area contributed by atoms with E-state index in [2.05, 4.69) is 32.1 Å². The highest BCUT2D eigenvalue weighted by molar-refractivity contribution is 7.12. The van der Waals surface area contributed by atoms with E-state index in [4.69, 9.17) is 11.6 Å². The normalized spacial score (nSPS) is 14.8. The molecule has 1 aromatic heterocycles. The smallest absolute Gasteiger partial charge is 0.0517 e. The van der Waals surface area contributed by atoms with Crippen molar-refractivity contribution in [3.8, 4) is 0 Å². The van der Waals surface area contributed by atoms with Gasteiger partial charge in [0.05, 0.1) is 5.38 Å². The molecule has 1 atom stereocenters. The number of thiophene rings is 1. The van der Waals surface area contributed by atoms with Crippen LogP contribution < -0.4 is 0 Å². The van der Waals surface area contributed by atoms with Gasteiger partial charge >= 0.3 is 0 Å². The van der Waals surface area contributed by atoms with Crippen LogP contribution in [-0.4, -0.2) is 5.38 Å². The highest BCUT2D eigenvalue weighted by atomic mass is 35.5. The fourth-order valence-corrected chi connectivity index (χ4v) is 1.82. The fourth-order valence-electron chi connectivity index (χ4n) is 0.870. The molecule has 0 saturated carbocycles. The van der Waals surface area contributed by atoms with Crippen LogP contribution in [0.15, 0.2) is 17.7 Å². The number of alkyl halides is 1. The highest BCUT2D eigenvalue weighted by Crippen LogP contribution is 2.20. The zero-order valence-electron chi connectivity index (χ0n) is 7.60. The zero-order chi connectivity index (χ0) is 9.14. The van der Waals surface area contributed by atoms with Crippen LogP contribution >= 0.6 is 22.9 Å². The summed E-state index contributed by atoms with van der Waals surface area (Å²) in [7, 11) is 0. The number of aryl methyl sites for hydroxylation is 1. The molecule has 0 bridgehead atoms. The molecule has 0 N–H and O–H groups in total. The highest BCUT2D eigenvalue weighted by Gasteiger charge is 1.99. The van der Waals surface area contributed by atoms with E-state index in [1.165, 1.54) is 15.3 Å². The molecule has 0 saturated heterocycles. The molecule has 0 aromatic carbocycles. The van der Waals surface area contributed by atoms with Crippen LogP contribution in [-0.2, 0) is 0 Å². The van der Waals surface area contributed by atoms with E-state index in [1.54, 1.807) is 11.3 Å². The SMILES string of the molecule is C/C(=C\c1ccc(C)s1)C(C)Cl. The average molecular weight is 201 g/mol. The fraction of sp³-hybridized carbons (Fsp3) is 0.400. The van der Waals surface area contributed by atoms with E-state index in [9.17, 15) is 0 Å². The zero-order valence-corrected chi connectivity index (χ0v) is 9.17. The number of rotatable bonds is 2. The van der Waals surface area contributed by atoms with Crippen LogP contribution in [0.5, 0.6) is 0 Å². The maximum Gasteiger partial charge on any atom is 0.0517 e. The molecule has 0 aliphatic carbocycles. The molecule has 1 aromatic rings. The van der Waals surface area contributed by atoms with E-state index < -0.39 is 0 Å². The Balaban J connectivity index is 2.80. The molecule has 0 amide bonds. The Morgan fingerprint density at radius 2 is 2.25 bits per heavy atom. The van der Waals surface area contributed by atoms with Gasteiger partial charge < -0.3 is 0 Å². The number of hydrogen-bond donors (Lipinski definition) is 0. The molecule has 0 fully saturated rings. The molecule has 0 aliphatic rings. The van der Waals surface area contributed by atoms with Crippen LogP contribution in [0.2, 0.25) is 0 Å². The molecule has 0 aliphatic heterocycles. The molecule has 1 unspecified atom stereocenters.